The molecule has 0 aliphatic rings. The van der Waals surface area contributed by atoms with E-state index in [1.807, 2.05) is 13.8 Å². The van der Waals surface area contributed by atoms with Gasteiger partial charge >= 0.3 is 12.1 Å². The standard InChI is InChI=1S/C34H42N4O9S/c1-23(2)20-38(48(45,46)28-16-14-26(15-17-28)19-35-44)21-30(39)29(18-25-10-6-4-7-11-25)36-32(40)31(24(3)33(41)42)37-34(43)47-22-27-12-8-5-9-13-27/h4-17,19,23-24,29-31,39,44H,18,20-22H2,1-3H3,(H,36,40)(H,37,43)(H,41,42)/t24?,29-,30+,31-/m0/s1. The average molecular weight is 683 g/mol. The number of ether oxygens (including phenoxy) is 1. The molecule has 0 bridgehead atoms. The molecule has 0 heterocycles. The van der Waals surface area contributed by atoms with Gasteiger partial charge in [-0.3, -0.25) is 9.59 Å². The molecule has 0 aliphatic carbocycles. The van der Waals surface area contributed by atoms with Crippen LogP contribution in [0.3, 0.4) is 0 Å². The first-order valence-corrected chi connectivity index (χ1v) is 16.8. The van der Waals surface area contributed by atoms with E-state index in [0.717, 1.165) is 10.5 Å². The Morgan fingerprint density at radius 1 is 0.875 bits per heavy atom. The number of aliphatic hydroxyl groups is 1. The molecule has 5 N–H and O–H groups in total. The van der Waals surface area contributed by atoms with Crippen LogP contribution in [0.15, 0.2) is 95.0 Å². The Labute approximate surface area is 280 Å². The molecular formula is C34H42N4O9S. The molecule has 1 unspecified atom stereocenters. The van der Waals surface area contributed by atoms with Crippen LogP contribution in [0.2, 0.25) is 0 Å². The third-order valence-electron chi connectivity index (χ3n) is 7.43. The molecule has 0 fully saturated rings. The van der Waals surface area contributed by atoms with E-state index < -0.39 is 58.6 Å². The molecule has 0 aliphatic heterocycles. The van der Waals surface area contributed by atoms with Crippen LogP contribution in [0.1, 0.15) is 37.5 Å². The maximum absolute atomic E-state index is 13.8. The van der Waals surface area contributed by atoms with Gasteiger partial charge in [-0.25, -0.2) is 13.2 Å². The van der Waals surface area contributed by atoms with Crippen molar-refractivity contribution in [3.05, 3.63) is 102 Å². The lowest BCUT2D eigenvalue weighted by atomic mass is 9.97. The van der Waals surface area contributed by atoms with E-state index in [-0.39, 0.29) is 30.4 Å². The number of sulfonamides is 1. The van der Waals surface area contributed by atoms with Crippen molar-refractivity contribution in [2.75, 3.05) is 13.1 Å². The molecule has 48 heavy (non-hydrogen) atoms. The van der Waals surface area contributed by atoms with E-state index >= 15 is 0 Å². The number of carbonyl (C=O) groups excluding carboxylic acids is 2. The number of aliphatic carboxylic acids is 1. The van der Waals surface area contributed by atoms with Crippen LogP contribution in [0.25, 0.3) is 0 Å². The van der Waals surface area contributed by atoms with E-state index in [1.165, 1.54) is 31.2 Å². The Kier molecular flexibility index (Phi) is 14.1. The van der Waals surface area contributed by atoms with Crippen molar-refractivity contribution in [2.45, 2.75) is 56.9 Å². The minimum absolute atomic E-state index is 0.0404. The molecule has 0 saturated carbocycles. The summed E-state index contributed by atoms with van der Waals surface area (Å²) < 4.78 is 33.8. The summed E-state index contributed by atoms with van der Waals surface area (Å²) in [5, 5.41) is 38.0. The van der Waals surface area contributed by atoms with Crippen LogP contribution >= 0.6 is 0 Å². The summed E-state index contributed by atoms with van der Waals surface area (Å²) in [7, 11) is -4.14. The maximum Gasteiger partial charge on any atom is 0.408 e. The van der Waals surface area contributed by atoms with E-state index in [2.05, 4.69) is 15.8 Å². The second-order valence-corrected chi connectivity index (χ2v) is 13.7. The van der Waals surface area contributed by atoms with E-state index in [4.69, 9.17) is 9.94 Å². The van der Waals surface area contributed by atoms with Crippen molar-refractivity contribution in [1.82, 2.24) is 14.9 Å². The Balaban J connectivity index is 1.87. The summed E-state index contributed by atoms with van der Waals surface area (Å²) in [6, 6.07) is 20.6. The number of carboxylic acids is 1. The quantitative estimate of drug-likeness (QED) is 0.0807. The van der Waals surface area contributed by atoms with Gasteiger partial charge in [0.1, 0.15) is 12.6 Å². The lowest BCUT2D eigenvalue weighted by Gasteiger charge is -2.32. The molecule has 3 aromatic carbocycles. The van der Waals surface area contributed by atoms with Gasteiger partial charge in [-0.15, -0.1) is 0 Å². The highest BCUT2D eigenvalue weighted by Crippen LogP contribution is 2.20. The van der Waals surface area contributed by atoms with Crippen molar-refractivity contribution in [1.29, 1.82) is 0 Å². The Morgan fingerprint density at radius 2 is 1.46 bits per heavy atom. The lowest BCUT2D eigenvalue weighted by Crippen LogP contribution is -2.58. The molecule has 0 radical (unpaired) electrons. The van der Waals surface area contributed by atoms with Crippen LogP contribution in [0.5, 0.6) is 0 Å². The smallest absolute Gasteiger partial charge is 0.408 e. The average Bonchev–Trinajstić information content (AvgIpc) is 3.06. The highest BCUT2D eigenvalue weighted by molar-refractivity contribution is 7.89. The zero-order chi connectivity index (χ0) is 35.3. The number of oxime groups is 1. The number of carboxylic acid groups (broad SMARTS) is 1. The summed E-state index contributed by atoms with van der Waals surface area (Å²) in [4.78, 5) is 38.2. The number of nitrogens with zero attached hydrogens (tertiary/aromatic N) is 2. The second-order valence-electron chi connectivity index (χ2n) is 11.7. The third-order valence-corrected chi connectivity index (χ3v) is 9.28. The molecule has 0 saturated heterocycles. The minimum Gasteiger partial charge on any atom is -0.481 e. The molecule has 0 spiro atoms. The maximum atomic E-state index is 13.8. The van der Waals surface area contributed by atoms with Crippen LogP contribution in [0.4, 0.5) is 4.79 Å². The van der Waals surface area contributed by atoms with Gasteiger partial charge in [0.25, 0.3) is 0 Å². The lowest BCUT2D eigenvalue weighted by molar-refractivity contribution is -0.145. The van der Waals surface area contributed by atoms with Gasteiger partial charge in [-0.1, -0.05) is 91.8 Å². The molecule has 3 rings (SSSR count). The molecule has 14 heteroatoms. The van der Waals surface area contributed by atoms with Gasteiger partial charge in [0.2, 0.25) is 15.9 Å². The monoisotopic (exact) mass is 682 g/mol. The zero-order valence-electron chi connectivity index (χ0n) is 27.0. The van der Waals surface area contributed by atoms with Crippen LogP contribution in [-0.4, -0.2) is 83.6 Å². The number of hydrogen-bond donors (Lipinski definition) is 5. The predicted octanol–water partition coefficient (Wildman–Crippen LogP) is 3.25. The SMILES string of the molecule is CC(C)CN(C[C@@H](O)[C@H](Cc1ccccc1)NC(=O)[C@@H](NC(=O)OCc1ccccc1)C(C)C(=O)O)S(=O)(=O)c1ccc(C=NO)cc1. The highest BCUT2D eigenvalue weighted by atomic mass is 32.2. The Hall–Kier alpha value is -4.79. The fourth-order valence-corrected chi connectivity index (χ4v) is 6.45. The third kappa shape index (κ3) is 11.2. The number of rotatable bonds is 17. The first kappa shape index (κ1) is 37.7. The van der Waals surface area contributed by atoms with E-state index in [0.29, 0.717) is 16.7 Å². The number of hydrogen-bond acceptors (Lipinski definition) is 9. The van der Waals surface area contributed by atoms with Gasteiger partial charge in [0.15, 0.2) is 0 Å². The van der Waals surface area contributed by atoms with Crippen molar-refractivity contribution >= 4 is 34.2 Å². The Morgan fingerprint density at radius 3 is 2.00 bits per heavy atom. The topological polar surface area (TPSA) is 195 Å². The summed E-state index contributed by atoms with van der Waals surface area (Å²) >= 11 is 0. The second kappa shape index (κ2) is 17.9. The van der Waals surface area contributed by atoms with Crippen molar-refractivity contribution in [2.24, 2.45) is 17.0 Å². The van der Waals surface area contributed by atoms with Gasteiger partial charge in [-0.05, 0) is 48.1 Å². The number of nitrogens with one attached hydrogen (secondary N) is 2. The van der Waals surface area contributed by atoms with E-state index in [1.54, 1.807) is 60.7 Å². The first-order valence-electron chi connectivity index (χ1n) is 15.3. The number of alkyl carbamates (subject to hydrolysis) is 1. The fourth-order valence-electron chi connectivity index (χ4n) is 4.83. The highest BCUT2D eigenvalue weighted by Gasteiger charge is 2.36. The predicted molar refractivity (Wildman–Crippen MR) is 178 cm³/mol. The van der Waals surface area contributed by atoms with Crippen LogP contribution in [0, 0.1) is 11.8 Å². The Bertz CT molecular complexity index is 1620. The number of benzene rings is 3. The summed E-state index contributed by atoms with van der Waals surface area (Å²) in [6.07, 6.45) is -1.27. The molecule has 3 aromatic rings. The molecule has 258 valence electrons. The van der Waals surface area contributed by atoms with Crippen LogP contribution in [-0.2, 0) is 37.4 Å². The summed E-state index contributed by atoms with van der Waals surface area (Å²) in [6.45, 7) is 4.40. The van der Waals surface area contributed by atoms with Gasteiger partial charge < -0.3 is 30.8 Å². The number of aliphatic hydroxyl groups excluding tert-OH is 1. The number of amides is 2. The largest absolute Gasteiger partial charge is 0.481 e. The molecule has 4 atom stereocenters. The van der Waals surface area contributed by atoms with Gasteiger partial charge in [-0.2, -0.15) is 4.31 Å². The number of carbonyl (C=O) groups is 3. The van der Waals surface area contributed by atoms with Gasteiger partial charge in [0, 0.05) is 13.1 Å². The molecular weight excluding hydrogens is 640 g/mol. The minimum atomic E-state index is -4.14. The molecule has 13 nitrogen and oxygen atoms in total. The summed E-state index contributed by atoms with van der Waals surface area (Å²) in [5.74, 6) is -3.78. The van der Waals surface area contributed by atoms with Crippen molar-refractivity contribution in [3.63, 3.8) is 0 Å². The summed E-state index contributed by atoms with van der Waals surface area (Å²) in [5.41, 5.74) is 1.86. The van der Waals surface area contributed by atoms with Crippen LogP contribution < -0.4 is 10.6 Å². The fraction of sp³-hybridized carbons (Fsp3) is 0.353. The first-order chi connectivity index (χ1) is 22.8. The molecule has 2 amide bonds. The van der Waals surface area contributed by atoms with Crippen molar-refractivity contribution in [3.8, 4) is 0 Å². The zero-order valence-corrected chi connectivity index (χ0v) is 27.8. The van der Waals surface area contributed by atoms with Gasteiger partial charge in [0.05, 0.1) is 29.2 Å². The molecule has 0 aromatic heterocycles. The van der Waals surface area contributed by atoms with Crippen molar-refractivity contribution < 1.29 is 43.0 Å². The van der Waals surface area contributed by atoms with E-state index in [9.17, 15) is 33.0 Å². The normalized spacial score (nSPS) is 14.3.